The van der Waals surface area contributed by atoms with E-state index in [2.05, 4.69) is 4.98 Å². The molecule has 1 aliphatic rings. The molecular formula is C24H21FN2O2. The number of rotatable bonds is 6. The van der Waals surface area contributed by atoms with E-state index in [1.54, 1.807) is 29.3 Å². The fraction of sp³-hybridized carbons (Fsp3) is 0.208. The smallest absolute Gasteiger partial charge is 0.255 e. The number of hydrogen-bond donors (Lipinski definition) is 0. The van der Waals surface area contributed by atoms with E-state index in [0.29, 0.717) is 17.8 Å². The Hall–Kier alpha value is -3.34. The molecule has 1 atom stereocenters. The average molecular weight is 388 g/mol. The molecule has 0 spiro atoms. The van der Waals surface area contributed by atoms with Crippen LogP contribution in [0.4, 0.5) is 4.39 Å². The SMILES string of the molecule is Cc1ccc(CC(=O)CC(c2ccc(F)cc2)N2Cc3ccccc3C2=O)nc1. The maximum atomic E-state index is 13.4. The first kappa shape index (κ1) is 19.0. The van der Waals surface area contributed by atoms with Gasteiger partial charge in [0, 0.05) is 36.8 Å². The molecule has 0 saturated heterocycles. The summed E-state index contributed by atoms with van der Waals surface area (Å²) in [5.41, 5.74) is 4.09. The molecule has 1 amide bonds. The number of amides is 1. The number of pyridine rings is 1. The highest BCUT2D eigenvalue weighted by Gasteiger charge is 2.34. The normalized spacial score (nSPS) is 14.0. The summed E-state index contributed by atoms with van der Waals surface area (Å²) in [4.78, 5) is 31.8. The van der Waals surface area contributed by atoms with Gasteiger partial charge in [-0.25, -0.2) is 4.39 Å². The Bertz CT molecular complexity index is 1050. The molecule has 146 valence electrons. The number of nitrogens with zero attached hydrogens (tertiary/aromatic N) is 2. The Morgan fingerprint density at radius 1 is 1.10 bits per heavy atom. The largest absolute Gasteiger partial charge is 0.327 e. The Morgan fingerprint density at radius 2 is 1.86 bits per heavy atom. The predicted octanol–water partition coefficient (Wildman–Crippen LogP) is 4.43. The lowest BCUT2D eigenvalue weighted by molar-refractivity contribution is -0.119. The van der Waals surface area contributed by atoms with Crippen molar-refractivity contribution in [2.45, 2.75) is 32.4 Å². The van der Waals surface area contributed by atoms with Gasteiger partial charge in [0.2, 0.25) is 0 Å². The van der Waals surface area contributed by atoms with Crippen molar-refractivity contribution in [3.05, 3.63) is 101 Å². The van der Waals surface area contributed by atoms with Gasteiger partial charge < -0.3 is 4.90 Å². The van der Waals surface area contributed by atoms with Gasteiger partial charge in [-0.05, 0) is 47.9 Å². The van der Waals surface area contributed by atoms with E-state index < -0.39 is 6.04 Å². The van der Waals surface area contributed by atoms with Crippen LogP contribution >= 0.6 is 0 Å². The minimum absolute atomic E-state index is 0.0144. The van der Waals surface area contributed by atoms with E-state index in [1.807, 2.05) is 37.3 Å². The quantitative estimate of drug-likeness (QED) is 0.628. The number of aromatic nitrogens is 1. The predicted molar refractivity (Wildman–Crippen MR) is 108 cm³/mol. The highest BCUT2D eigenvalue weighted by Crippen LogP contribution is 2.34. The van der Waals surface area contributed by atoms with Crippen molar-refractivity contribution in [1.29, 1.82) is 0 Å². The molecule has 0 radical (unpaired) electrons. The summed E-state index contributed by atoms with van der Waals surface area (Å²) in [7, 11) is 0. The molecule has 1 aliphatic heterocycles. The summed E-state index contributed by atoms with van der Waals surface area (Å²) >= 11 is 0. The van der Waals surface area contributed by atoms with Crippen LogP contribution in [0.15, 0.2) is 66.9 Å². The Kier molecular flexibility index (Phi) is 5.21. The first-order valence-corrected chi connectivity index (χ1v) is 9.59. The van der Waals surface area contributed by atoms with Crippen LogP contribution < -0.4 is 0 Å². The van der Waals surface area contributed by atoms with E-state index in [-0.39, 0.29) is 30.3 Å². The number of aryl methyl sites for hydroxylation is 1. The van der Waals surface area contributed by atoms with Crippen LogP contribution in [0.1, 0.15) is 45.2 Å². The van der Waals surface area contributed by atoms with Crippen molar-refractivity contribution >= 4 is 11.7 Å². The van der Waals surface area contributed by atoms with Gasteiger partial charge in [-0.15, -0.1) is 0 Å². The lowest BCUT2D eigenvalue weighted by atomic mass is 9.97. The van der Waals surface area contributed by atoms with Crippen LogP contribution in [-0.2, 0) is 17.8 Å². The van der Waals surface area contributed by atoms with Gasteiger partial charge in [0.25, 0.3) is 5.91 Å². The van der Waals surface area contributed by atoms with Gasteiger partial charge in [0.1, 0.15) is 11.6 Å². The van der Waals surface area contributed by atoms with Crippen LogP contribution in [-0.4, -0.2) is 21.6 Å². The third-order valence-electron chi connectivity index (χ3n) is 5.25. The number of carbonyl (C=O) groups is 2. The topological polar surface area (TPSA) is 50.3 Å². The maximum Gasteiger partial charge on any atom is 0.255 e. The third kappa shape index (κ3) is 4.09. The van der Waals surface area contributed by atoms with Crippen LogP contribution in [0.3, 0.4) is 0 Å². The molecule has 1 unspecified atom stereocenters. The van der Waals surface area contributed by atoms with E-state index >= 15 is 0 Å². The number of hydrogen-bond acceptors (Lipinski definition) is 3. The summed E-state index contributed by atoms with van der Waals surface area (Å²) in [5, 5.41) is 0. The molecule has 5 heteroatoms. The molecule has 2 heterocycles. The van der Waals surface area contributed by atoms with Gasteiger partial charge in [0.15, 0.2) is 0 Å². The minimum atomic E-state index is -0.451. The summed E-state index contributed by atoms with van der Waals surface area (Å²) < 4.78 is 13.4. The lowest BCUT2D eigenvalue weighted by Crippen LogP contribution is -2.31. The summed E-state index contributed by atoms with van der Waals surface area (Å²) in [6, 6.07) is 16.8. The zero-order valence-corrected chi connectivity index (χ0v) is 16.1. The summed E-state index contributed by atoms with van der Waals surface area (Å²) in [6.45, 7) is 2.38. The van der Waals surface area contributed by atoms with Gasteiger partial charge in [-0.2, -0.15) is 0 Å². The van der Waals surface area contributed by atoms with Crippen molar-refractivity contribution in [1.82, 2.24) is 9.88 Å². The lowest BCUT2D eigenvalue weighted by Gasteiger charge is -2.28. The zero-order valence-electron chi connectivity index (χ0n) is 16.1. The first-order valence-electron chi connectivity index (χ1n) is 9.59. The van der Waals surface area contributed by atoms with E-state index in [1.165, 1.54) is 12.1 Å². The molecule has 0 bridgehead atoms. The number of Topliss-reactive ketones (excluding diaryl/α,β-unsaturated/α-hetero) is 1. The molecule has 2 aromatic carbocycles. The molecule has 0 aliphatic carbocycles. The van der Waals surface area contributed by atoms with Gasteiger partial charge >= 0.3 is 0 Å². The number of carbonyl (C=O) groups excluding carboxylic acids is 2. The molecule has 1 aromatic heterocycles. The number of halogens is 1. The standard InChI is InChI=1S/C24H21FN2O2/c1-16-6-11-20(26-14-16)12-21(28)13-23(17-7-9-19(25)10-8-17)27-15-18-4-2-3-5-22(18)24(27)29/h2-11,14,23H,12-13,15H2,1H3. The van der Waals surface area contributed by atoms with Crippen LogP contribution in [0, 0.1) is 12.7 Å². The second kappa shape index (κ2) is 7.95. The highest BCUT2D eigenvalue weighted by molar-refractivity contribution is 5.99. The van der Waals surface area contributed by atoms with E-state index in [4.69, 9.17) is 0 Å². The van der Waals surface area contributed by atoms with Crippen LogP contribution in [0.2, 0.25) is 0 Å². The van der Waals surface area contributed by atoms with Crippen molar-refractivity contribution in [2.24, 2.45) is 0 Å². The van der Waals surface area contributed by atoms with Gasteiger partial charge in [-0.1, -0.05) is 36.4 Å². The molecule has 0 saturated carbocycles. The zero-order chi connectivity index (χ0) is 20.4. The van der Waals surface area contributed by atoms with Crippen LogP contribution in [0.25, 0.3) is 0 Å². The summed E-state index contributed by atoms with van der Waals surface area (Å²) in [6.07, 6.45) is 2.09. The van der Waals surface area contributed by atoms with Crippen molar-refractivity contribution in [2.75, 3.05) is 0 Å². The molecule has 4 nitrogen and oxygen atoms in total. The minimum Gasteiger partial charge on any atom is -0.327 e. The van der Waals surface area contributed by atoms with Crippen molar-refractivity contribution in [3.8, 4) is 0 Å². The Balaban J connectivity index is 1.59. The Morgan fingerprint density at radius 3 is 2.55 bits per heavy atom. The molecular weight excluding hydrogens is 367 g/mol. The molecule has 29 heavy (non-hydrogen) atoms. The maximum absolute atomic E-state index is 13.4. The van der Waals surface area contributed by atoms with Gasteiger partial charge in [-0.3, -0.25) is 14.6 Å². The fourth-order valence-electron chi connectivity index (χ4n) is 3.71. The monoisotopic (exact) mass is 388 g/mol. The Labute approximate surface area is 169 Å². The number of benzene rings is 2. The van der Waals surface area contributed by atoms with Crippen molar-refractivity contribution < 1.29 is 14.0 Å². The highest BCUT2D eigenvalue weighted by atomic mass is 19.1. The summed E-state index contributed by atoms with van der Waals surface area (Å²) in [5.74, 6) is -0.464. The average Bonchev–Trinajstić information content (AvgIpc) is 3.05. The second-order valence-corrected chi connectivity index (χ2v) is 7.40. The second-order valence-electron chi connectivity index (χ2n) is 7.40. The third-order valence-corrected chi connectivity index (χ3v) is 5.25. The molecule has 3 aromatic rings. The molecule has 0 fully saturated rings. The van der Waals surface area contributed by atoms with Crippen LogP contribution in [0.5, 0.6) is 0 Å². The fourth-order valence-corrected chi connectivity index (χ4v) is 3.71. The van der Waals surface area contributed by atoms with E-state index in [0.717, 1.165) is 16.7 Å². The number of fused-ring (bicyclic) bond motifs is 1. The van der Waals surface area contributed by atoms with Gasteiger partial charge in [0.05, 0.1) is 6.04 Å². The molecule has 0 N–H and O–H groups in total. The van der Waals surface area contributed by atoms with Crippen molar-refractivity contribution in [3.63, 3.8) is 0 Å². The molecule has 4 rings (SSSR count). The van der Waals surface area contributed by atoms with E-state index in [9.17, 15) is 14.0 Å². The first-order chi connectivity index (χ1) is 14.0. The number of ketones is 1.